The van der Waals surface area contributed by atoms with E-state index in [0.717, 1.165) is 37.8 Å². The molecule has 1 aromatic rings. The van der Waals surface area contributed by atoms with Crippen LogP contribution in [0.15, 0.2) is 24.3 Å². The summed E-state index contributed by atoms with van der Waals surface area (Å²) >= 11 is 0. The van der Waals surface area contributed by atoms with Crippen molar-refractivity contribution in [1.29, 1.82) is 0 Å². The third-order valence-corrected chi connectivity index (χ3v) is 4.69. The Balaban J connectivity index is 2.02. The lowest BCUT2D eigenvalue weighted by Gasteiger charge is -2.37. The molecule has 1 aliphatic carbocycles. The molecule has 21 heavy (non-hydrogen) atoms. The fourth-order valence-corrected chi connectivity index (χ4v) is 3.32. The molecule has 1 aliphatic rings. The summed E-state index contributed by atoms with van der Waals surface area (Å²) in [5.74, 6) is 0.301. The van der Waals surface area contributed by atoms with E-state index in [1.807, 2.05) is 12.1 Å². The monoisotopic (exact) mass is 288 g/mol. The number of amides is 1. The molecule has 3 N–H and O–H groups in total. The van der Waals surface area contributed by atoms with Gasteiger partial charge in [-0.3, -0.25) is 4.79 Å². The maximum Gasteiger partial charge on any atom is 0.228 e. The fraction of sp³-hybridized carbons (Fsp3) is 0.611. The summed E-state index contributed by atoms with van der Waals surface area (Å²) in [6, 6.07) is 8.15. The van der Waals surface area contributed by atoms with E-state index in [0.29, 0.717) is 6.54 Å². The lowest BCUT2D eigenvalue weighted by atomic mass is 9.68. The molecule has 0 heterocycles. The number of hydrogen-bond acceptors (Lipinski definition) is 2. The van der Waals surface area contributed by atoms with Gasteiger partial charge in [-0.25, -0.2) is 0 Å². The molecule has 1 unspecified atom stereocenters. The van der Waals surface area contributed by atoms with Gasteiger partial charge in [0.2, 0.25) is 5.91 Å². The Hall–Kier alpha value is -1.35. The Morgan fingerprint density at radius 3 is 2.90 bits per heavy atom. The Labute approximate surface area is 128 Å². The third kappa shape index (κ3) is 4.31. The van der Waals surface area contributed by atoms with Gasteiger partial charge in [-0.15, -0.1) is 0 Å². The highest BCUT2D eigenvalue weighted by molar-refractivity contribution is 5.93. The SMILES string of the molecule is CC1(C)CCCCC1C(=O)Nc1cccc(CCCN)c1. The molecule has 1 aromatic carbocycles. The van der Waals surface area contributed by atoms with Crippen LogP contribution in [0, 0.1) is 11.3 Å². The highest BCUT2D eigenvalue weighted by Crippen LogP contribution is 2.41. The molecular weight excluding hydrogens is 260 g/mol. The van der Waals surface area contributed by atoms with E-state index in [-0.39, 0.29) is 17.2 Å². The molecular formula is C18H28N2O. The standard InChI is InChI=1S/C18H28N2O/c1-18(2)11-4-3-10-16(18)17(21)20-15-9-5-7-14(13-15)8-6-12-19/h5,7,9,13,16H,3-4,6,8,10-12,19H2,1-2H3,(H,20,21). The fourth-order valence-electron chi connectivity index (χ4n) is 3.32. The van der Waals surface area contributed by atoms with E-state index in [2.05, 4.69) is 31.3 Å². The maximum atomic E-state index is 12.6. The summed E-state index contributed by atoms with van der Waals surface area (Å²) in [7, 11) is 0. The van der Waals surface area contributed by atoms with Crippen LogP contribution >= 0.6 is 0 Å². The first-order valence-electron chi connectivity index (χ1n) is 8.13. The lowest BCUT2D eigenvalue weighted by molar-refractivity contribution is -0.124. The van der Waals surface area contributed by atoms with Gasteiger partial charge >= 0.3 is 0 Å². The van der Waals surface area contributed by atoms with Crippen molar-refractivity contribution in [3.05, 3.63) is 29.8 Å². The second kappa shape index (κ2) is 7.08. The number of nitrogens with two attached hydrogens (primary N) is 1. The summed E-state index contributed by atoms with van der Waals surface area (Å²) in [6.07, 6.45) is 6.50. The van der Waals surface area contributed by atoms with Crippen LogP contribution in [0.25, 0.3) is 0 Å². The van der Waals surface area contributed by atoms with Crippen molar-refractivity contribution >= 4 is 11.6 Å². The number of hydrogen-bond donors (Lipinski definition) is 2. The smallest absolute Gasteiger partial charge is 0.228 e. The molecule has 0 bridgehead atoms. The van der Waals surface area contributed by atoms with Crippen molar-refractivity contribution in [2.75, 3.05) is 11.9 Å². The minimum atomic E-state index is 0.111. The lowest BCUT2D eigenvalue weighted by Crippen LogP contribution is -2.37. The molecule has 0 saturated heterocycles. The van der Waals surface area contributed by atoms with E-state index in [4.69, 9.17) is 5.73 Å². The van der Waals surface area contributed by atoms with Gasteiger partial charge in [-0.2, -0.15) is 0 Å². The molecule has 1 saturated carbocycles. The van der Waals surface area contributed by atoms with Crippen LogP contribution in [0.5, 0.6) is 0 Å². The minimum absolute atomic E-state index is 0.111. The van der Waals surface area contributed by atoms with E-state index in [9.17, 15) is 4.79 Å². The molecule has 0 spiro atoms. The summed E-state index contributed by atoms with van der Waals surface area (Å²) < 4.78 is 0. The predicted molar refractivity (Wildman–Crippen MR) is 88.2 cm³/mol. The Bertz CT molecular complexity index is 482. The largest absolute Gasteiger partial charge is 0.330 e. The van der Waals surface area contributed by atoms with Crippen LogP contribution in [-0.2, 0) is 11.2 Å². The number of aryl methyl sites for hydroxylation is 1. The topological polar surface area (TPSA) is 55.1 Å². The molecule has 1 amide bonds. The number of rotatable bonds is 5. The van der Waals surface area contributed by atoms with Crippen molar-refractivity contribution in [3.8, 4) is 0 Å². The first kappa shape index (κ1) is 16.0. The zero-order valence-corrected chi connectivity index (χ0v) is 13.3. The predicted octanol–water partition coefficient (Wildman–Crippen LogP) is 3.73. The molecule has 2 rings (SSSR count). The average Bonchev–Trinajstić information content (AvgIpc) is 2.45. The molecule has 0 aliphatic heterocycles. The van der Waals surface area contributed by atoms with Gasteiger partial charge in [0, 0.05) is 11.6 Å². The highest BCUT2D eigenvalue weighted by Gasteiger charge is 2.37. The third-order valence-electron chi connectivity index (χ3n) is 4.69. The van der Waals surface area contributed by atoms with E-state index in [1.165, 1.54) is 12.0 Å². The van der Waals surface area contributed by atoms with E-state index >= 15 is 0 Å². The van der Waals surface area contributed by atoms with Gasteiger partial charge in [-0.1, -0.05) is 38.8 Å². The van der Waals surface area contributed by atoms with E-state index < -0.39 is 0 Å². The van der Waals surface area contributed by atoms with E-state index in [1.54, 1.807) is 0 Å². The van der Waals surface area contributed by atoms with Gasteiger partial charge in [0.15, 0.2) is 0 Å². The quantitative estimate of drug-likeness (QED) is 0.867. The Morgan fingerprint density at radius 1 is 1.38 bits per heavy atom. The van der Waals surface area contributed by atoms with Crippen molar-refractivity contribution in [2.45, 2.75) is 52.4 Å². The zero-order valence-electron chi connectivity index (χ0n) is 13.3. The molecule has 3 heteroatoms. The highest BCUT2D eigenvalue weighted by atomic mass is 16.1. The zero-order chi connectivity index (χ0) is 15.3. The van der Waals surface area contributed by atoms with Crippen LogP contribution < -0.4 is 11.1 Å². The summed E-state index contributed by atoms with van der Waals surface area (Å²) in [5, 5.41) is 3.11. The number of carbonyl (C=O) groups is 1. The Morgan fingerprint density at radius 2 is 2.19 bits per heavy atom. The summed E-state index contributed by atoms with van der Waals surface area (Å²) in [4.78, 5) is 12.6. The number of benzene rings is 1. The second-order valence-electron chi connectivity index (χ2n) is 6.87. The number of nitrogens with one attached hydrogen (secondary N) is 1. The summed E-state index contributed by atoms with van der Waals surface area (Å²) in [5.41, 5.74) is 7.81. The Kier molecular flexibility index (Phi) is 5.40. The van der Waals surface area contributed by atoms with Crippen molar-refractivity contribution in [1.82, 2.24) is 0 Å². The molecule has 0 radical (unpaired) electrons. The van der Waals surface area contributed by atoms with Crippen LogP contribution in [0.3, 0.4) is 0 Å². The normalized spacial score (nSPS) is 21.0. The number of anilines is 1. The van der Waals surface area contributed by atoms with Crippen LogP contribution in [0.2, 0.25) is 0 Å². The summed E-state index contributed by atoms with van der Waals surface area (Å²) in [6.45, 7) is 5.13. The van der Waals surface area contributed by atoms with Crippen LogP contribution in [0.4, 0.5) is 5.69 Å². The first-order valence-corrected chi connectivity index (χ1v) is 8.13. The van der Waals surface area contributed by atoms with Gasteiger partial charge in [-0.05, 0) is 55.3 Å². The number of carbonyl (C=O) groups excluding carboxylic acids is 1. The van der Waals surface area contributed by atoms with Gasteiger partial charge in [0.05, 0.1) is 0 Å². The van der Waals surface area contributed by atoms with Crippen molar-refractivity contribution in [3.63, 3.8) is 0 Å². The first-order chi connectivity index (χ1) is 10.0. The van der Waals surface area contributed by atoms with Crippen molar-refractivity contribution in [2.24, 2.45) is 17.1 Å². The maximum absolute atomic E-state index is 12.6. The van der Waals surface area contributed by atoms with Crippen LogP contribution in [-0.4, -0.2) is 12.5 Å². The van der Waals surface area contributed by atoms with Gasteiger partial charge in [0.1, 0.15) is 0 Å². The molecule has 0 aromatic heterocycles. The average molecular weight is 288 g/mol. The van der Waals surface area contributed by atoms with Gasteiger partial charge in [0.25, 0.3) is 0 Å². The van der Waals surface area contributed by atoms with Crippen molar-refractivity contribution < 1.29 is 4.79 Å². The molecule has 116 valence electrons. The molecule has 1 atom stereocenters. The second-order valence-corrected chi connectivity index (χ2v) is 6.87. The molecule has 3 nitrogen and oxygen atoms in total. The molecule has 1 fully saturated rings. The van der Waals surface area contributed by atoms with Gasteiger partial charge < -0.3 is 11.1 Å². The minimum Gasteiger partial charge on any atom is -0.330 e. The van der Waals surface area contributed by atoms with Crippen LogP contribution in [0.1, 0.15) is 51.5 Å².